The second-order valence-electron chi connectivity index (χ2n) is 5.71. The van der Waals surface area contributed by atoms with Gasteiger partial charge in [0.15, 0.2) is 0 Å². The van der Waals surface area contributed by atoms with Crippen LogP contribution >= 0.6 is 0 Å². The van der Waals surface area contributed by atoms with Gasteiger partial charge in [-0.15, -0.1) is 6.42 Å². The minimum absolute atomic E-state index is 0.328. The Bertz CT molecular complexity index is 778. The minimum atomic E-state index is -0.778. The van der Waals surface area contributed by atoms with E-state index < -0.39 is 5.54 Å². The monoisotopic (exact) mass is 311 g/mol. The largest absolute Gasteiger partial charge is 0.339 e. The van der Waals surface area contributed by atoms with Crippen LogP contribution in [0.3, 0.4) is 0 Å². The molecule has 0 fully saturated rings. The molecule has 0 saturated carbocycles. The van der Waals surface area contributed by atoms with Gasteiger partial charge in [-0.3, -0.25) is 4.79 Å². The number of carbonyl (C=O) groups excluding carboxylic acids is 1. The van der Waals surface area contributed by atoms with Gasteiger partial charge < -0.3 is 10.6 Å². The Hall–Kier alpha value is -2.87. The minimum Gasteiger partial charge on any atom is -0.339 e. The number of benzene rings is 1. The first-order chi connectivity index (χ1) is 10.8. The third kappa shape index (κ3) is 4.07. The van der Waals surface area contributed by atoms with Crippen molar-refractivity contribution >= 4 is 17.4 Å². The van der Waals surface area contributed by atoms with Crippen LogP contribution in [0, 0.1) is 25.1 Å². The molecule has 0 radical (unpaired) electrons. The van der Waals surface area contributed by atoms with Crippen LogP contribution in [-0.4, -0.2) is 16.4 Å². The number of carbonyl (C=O) groups is 1. The lowest BCUT2D eigenvalue weighted by molar-refractivity contribution is 0.0930. The van der Waals surface area contributed by atoms with Gasteiger partial charge in [0.25, 0.3) is 5.91 Å². The standard InChI is InChI=1S/C18H18FN3O/c1-5-18(3,4)22-17(23)14-7-6-10-20-16(14)21-13-9-8-12(2)15(19)11-13/h1,6-11H,2-4H3,(H,20,21)(H,22,23). The number of halogens is 1. The topological polar surface area (TPSA) is 54.0 Å². The van der Waals surface area contributed by atoms with E-state index in [1.54, 1.807) is 51.2 Å². The molecule has 23 heavy (non-hydrogen) atoms. The van der Waals surface area contributed by atoms with Crippen LogP contribution < -0.4 is 10.6 Å². The molecule has 2 N–H and O–H groups in total. The Morgan fingerprint density at radius 1 is 1.35 bits per heavy atom. The molecule has 0 aliphatic carbocycles. The molecule has 1 aromatic carbocycles. The average Bonchev–Trinajstić information content (AvgIpc) is 2.51. The summed E-state index contributed by atoms with van der Waals surface area (Å²) >= 11 is 0. The number of hydrogen-bond acceptors (Lipinski definition) is 3. The highest BCUT2D eigenvalue weighted by molar-refractivity contribution is 5.99. The maximum absolute atomic E-state index is 13.6. The van der Waals surface area contributed by atoms with Gasteiger partial charge in [-0.1, -0.05) is 12.0 Å². The maximum Gasteiger partial charge on any atom is 0.256 e. The number of pyridine rings is 1. The zero-order valence-corrected chi connectivity index (χ0v) is 13.3. The van der Waals surface area contributed by atoms with Gasteiger partial charge in [0.05, 0.1) is 11.1 Å². The molecule has 1 aromatic heterocycles. The molecule has 1 amide bonds. The molecule has 0 aliphatic rings. The number of nitrogens with zero attached hydrogens (tertiary/aromatic N) is 1. The van der Waals surface area contributed by atoms with E-state index in [2.05, 4.69) is 21.5 Å². The summed E-state index contributed by atoms with van der Waals surface area (Å²) in [4.78, 5) is 16.5. The van der Waals surface area contributed by atoms with Crippen molar-refractivity contribution in [1.82, 2.24) is 10.3 Å². The lowest BCUT2D eigenvalue weighted by Crippen LogP contribution is -2.42. The van der Waals surface area contributed by atoms with E-state index >= 15 is 0 Å². The van der Waals surface area contributed by atoms with Crippen LogP contribution in [-0.2, 0) is 0 Å². The summed E-state index contributed by atoms with van der Waals surface area (Å²) < 4.78 is 13.6. The number of aryl methyl sites for hydroxylation is 1. The molecule has 1 heterocycles. The smallest absolute Gasteiger partial charge is 0.256 e. The fourth-order valence-electron chi connectivity index (χ4n) is 1.88. The van der Waals surface area contributed by atoms with E-state index in [4.69, 9.17) is 6.42 Å². The second-order valence-corrected chi connectivity index (χ2v) is 5.71. The fourth-order valence-corrected chi connectivity index (χ4v) is 1.88. The van der Waals surface area contributed by atoms with E-state index in [0.29, 0.717) is 22.6 Å². The molecular weight excluding hydrogens is 293 g/mol. The predicted octanol–water partition coefficient (Wildman–Crippen LogP) is 3.41. The fraction of sp³-hybridized carbons (Fsp3) is 0.222. The van der Waals surface area contributed by atoms with Crippen molar-refractivity contribution in [1.29, 1.82) is 0 Å². The number of nitrogens with one attached hydrogen (secondary N) is 2. The molecule has 5 heteroatoms. The van der Waals surface area contributed by atoms with Crippen LogP contribution in [0.2, 0.25) is 0 Å². The van der Waals surface area contributed by atoms with Gasteiger partial charge >= 0.3 is 0 Å². The lowest BCUT2D eigenvalue weighted by Gasteiger charge is -2.20. The Morgan fingerprint density at radius 3 is 2.74 bits per heavy atom. The quantitative estimate of drug-likeness (QED) is 0.851. The molecule has 0 spiro atoms. The van der Waals surface area contributed by atoms with Crippen LogP contribution in [0.5, 0.6) is 0 Å². The predicted molar refractivity (Wildman–Crippen MR) is 89.0 cm³/mol. The average molecular weight is 311 g/mol. The molecule has 0 saturated heterocycles. The van der Waals surface area contributed by atoms with Crippen molar-refractivity contribution in [2.45, 2.75) is 26.3 Å². The second kappa shape index (κ2) is 6.49. The summed E-state index contributed by atoms with van der Waals surface area (Å²) in [6.45, 7) is 5.13. The van der Waals surface area contributed by atoms with Gasteiger partial charge in [0.1, 0.15) is 11.6 Å². The number of rotatable bonds is 4. The highest BCUT2D eigenvalue weighted by Crippen LogP contribution is 2.21. The number of amides is 1. The van der Waals surface area contributed by atoms with Crippen LogP contribution in [0.15, 0.2) is 36.5 Å². The van der Waals surface area contributed by atoms with Gasteiger partial charge in [-0.2, -0.15) is 0 Å². The number of anilines is 2. The van der Waals surface area contributed by atoms with Crippen molar-refractivity contribution in [3.05, 3.63) is 53.5 Å². The number of aromatic nitrogens is 1. The SMILES string of the molecule is C#CC(C)(C)NC(=O)c1cccnc1Nc1ccc(C)c(F)c1. The molecule has 2 rings (SSSR count). The van der Waals surface area contributed by atoms with E-state index in [-0.39, 0.29) is 11.7 Å². The molecule has 0 bridgehead atoms. The summed E-state index contributed by atoms with van der Waals surface area (Å²) in [5, 5.41) is 5.70. The van der Waals surface area contributed by atoms with Crippen molar-refractivity contribution in [2.24, 2.45) is 0 Å². The van der Waals surface area contributed by atoms with Crippen LogP contribution in [0.25, 0.3) is 0 Å². The summed E-state index contributed by atoms with van der Waals surface area (Å²) in [6, 6.07) is 8.01. The lowest BCUT2D eigenvalue weighted by atomic mass is 10.1. The van der Waals surface area contributed by atoms with Gasteiger partial charge in [0.2, 0.25) is 0 Å². The molecular formula is C18H18FN3O. The molecule has 0 unspecified atom stereocenters. The molecule has 0 aliphatic heterocycles. The first-order valence-electron chi connectivity index (χ1n) is 7.11. The van der Waals surface area contributed by atoms with Crippen molar-refractivity contribution in [3.8, 4) is 12.3 Å². The Labute approximate surface area is 135 Å². The normalized spacial score (nSPS) is 10.7. The summed E-state index contributed by atoms with van der Waals surface area (Å²) in [5.74, 6) is 2.16. The first kappa shape index (κ1) is 16.5. The molecule has 118 valence electrons. The third-order valence-electron chi connectivity index (χ3n) is 3.27. The first-order valence-corrected chi connectivity index (χ1v) is 7.11. The highest BCUT2D eigenvalue weighted by atomic mass is 19.1. The van der Waals surface area contributed by atoms with Crippen LogP contribution in [0.1, 0.15) is 29.8 Å². The highest BCUT2D eigenvalue weighted by Gasteiger charge is 2.20. The summed E-state index contributed by atoms with van der Waals surface area (Å²) in [7, 11) is 0. The summed E-state index contributed by atoms with van der Waals surface area (Å²) in [5.41, 5.74) is 0.611. The molecule has 2 aromatic rings. The Kier molecular flexibility index (Phi) is 4.65. The Balaban J connectivity index is 2.29. The summed E-state index contributed by atoms with van der Waals surface area (Å²) in [6.07, 6.45) is 6.94. The van der Waals surface area contributed by atoms with Gasteiger partial charge in [-0.25, -0.2) is 9.37 Å². The van der Waals surface area contributed by atoms with E-state index in [1.165, 1.54) is 6.07 Å². The van der Waals surface area contributed by atoms with Gasteiger partial charge in [0, 0.05) is 11.9 Å². The molecule has 0 atom stereocenters. The van der Waals surface area contributed by atoms with Crippen molar-refractivity contribution < 1.29 is 9.18 Å². The van der Waals surface area contributed by atoms with E-state index in [9.17, 15) is 9.18 Å². The van der Waals surface area contributed by atoms with Crippen molar-refractivity contribution in [2.75, 3.05) is 5.32 Å². The number of terminal acetylenes is 1. The van der Waals surface area contributed by atoms with Gasteiger partial charge in [-0.05, 0) is 50.6 Å². The van der Waals surface area contributed by atoms with Crippen molar-refractivity contribution in [3.63, 3.8) is 0 Å². The molecule has 4 nitrogen and oxygen atoms in total. The zero-order chi connectivity index (χ0) is 17.0. The van der Waals surface area contributed by atoms with E-state index in [1.807, 2.05) is 0 Å². The maximum atomic E-state index is 13.6. The third-order valence-corrected chi connectivity index (χ3v) is 3.27. The number of hydrogen-bond donors (Lipinski definition) is 2. The Morgan fingerprint density at radius 2 is 2.09 bits per heavy atom. The zero-order valence-electron chi connectivity index (χ0n) is 13.3. The van der Waals surface area contributed by atoms with E-state index in [0.717, 1.165) is 0 Å². The van der Waals surface area contributed by atoms with Crippen LogP contribution in [0.4, 0.5) is 15.9 Å².